The van der Waals surface area contributed by atoms with Crippen molar-refractivity contribution in [3.8, 4) is 0 Å². The molecule has 88 valence electrons. The lowest BCUT2D eigenvalue weighted by Crippen LogP contribution is -2.07. The van der Waals surface area contributed by atoms with Gasteiger partial charge in [-0.3, -0.25) is 0 Å². The molecule has 0 amide bonds. The van der Waals surface area contributed by atoms with Gasteiger partial charge in [0.25, 0.3) is 0 Å². The SMILES string of the molecule is CCCCCC1(c2ccc(CN)cc2)CC1. The summed E-state index contributed by atoms with van der Waals surface area (Å²) in [6.45, 7) is 2.93. The molecule has 1 saturated carbocycles. The molecule has 1 aromatic carbocycles. The minimum absolute atomic E-state index is 0.544. The van der Waals surface area contributed by atoms with E-state index in [9.17, 15) is 0 Å². The van der Waals surface area contributed by atoms with Crippen LogP contribution in [0.3, 0.4) is 0 Å². The molecule has 0 saturated heterocycles. The van der Waals surface area contributed by atoms with E-state index >= 15 is 0 Å². The Bertz CT molecular complexity index is 322. The third-order valence-electron chi connectivity index (χ3n) is 3.91. The Morgan fingerprint density at radius 3 is 2.31 bits per heavy atom. The van der Waals surface area contributed by atoms with Crippen molar-refractivity contribution in [3.63, 3.8) is 0 Å². The van der Waals surface area contributed by atoms with E-state index in [1.165, 1.54) is 44.1 Å². The summed E-state index contributed by atoms with van der Waals surface area (Å²) in [5, 5.41) is 0. The Morgan fingerprint density at radius 1 is 1.12 bits per heavy atom. The number of unbranched alkanes of at least 4 members (excludes halogenated alkanes) is 2. The first-order chi connectivity index (χ1) is 7.80. The number of nitrogens with two attached hydrogens (primary N) is 1. The molecule has 1 nitrogen and oxygen atoms in total. The lowest BCUT2D eigenvalue weighted by Gasteiger charge is -2.15. The van der Waals surface area contributed by atoms with Gasteiger partial charge in [0, 0.05) is 6.54 Å². The van der Waals surface area contributed by atoms with E-state index < -0.39 is 0 Å². The van der Waals surface area contributed by atoms with Crippen LogP contribution in [0.1, 0.15) is 56.6 Å². The van der Waals surface area contributed by atoms with E-state index in [0.29, 0.717) is 12.0 Å². The first kappa shape index (κ1) is 11.7. The van der Waals surface area contributed by atoms with Crippen molar-refractivity contribution in [1.82, 2.24) is 0 Å². The zero-order valence-electron chi connectivity index (χ0n) is 10.3. The van der Waals surface area contributed by atoms with Crippen molar-refractivity contribution in [2.24, 2.45) is 5.73 Å². The Labute approximate surface area is 99.0 Å². The zero-order chi connectivity index (χ0) is 11.4. The maximum atomic E-state index is 5.62. The molecule has 0 atom stereocenters. The van der Waals surface area contributed by atoms with Gasteiger partial charge in [0.05, 0.1) is 0 Å². The van der Waals surface area contributed by atoms with Crippen LogP contribution in [0.15, 0.2) is 24.3 Å². The van der Waals surface area contributed by atoms with Gasteiger partial charge in [0.1, 0.15) is 0 Å². The van der Waals surface area contributed by atoms with Gasteiger partial charge in [0.15, 0.2) is 0 Å². The fourth-order valence-corrected chi connectivity index (χ4v) is 2.54. The molecule has 0 unspecified atom stereocenters. The number of benzene rings is 1. The van der Waals surface area contributed by atoms with Crippen molar-refractivity contribution < 1.29 is 0 Å². The van der Waals surface area contributed by atoms with Crippen LogP contribution in [0.25, 0.3) is 0 Å². The molecule has 1 heteroatoms. The molecule has 1 fully saturated rings. The molecule has 0 radical (unpaired) electrons. The summed E-state index contributed by atoms with van der Waals surface area (Å²) in [4.78, 5) is 0. The minimum Gasteiger partial charge on any atom is -0.326 e. The molecule has 1 aliphatic carbocycles. The van der Waals surface area contributed by atoms with E-state index in [1.54, 1.807) is 5.56 Å². The highest BCUT2D eigenvalue weighted by Gasteiger charge is 2.42. The number of rotatable bonds is 6. The van der Waals surface area contributed by atoms with Gasteiger partial charge in [-0.2, -0.15) is 0 Å². The van der Waals surface area contributed by atoms with E-state index in [4.69, 9.17) is 5.73 Å². The summed E-state index contributed by atoms with van der Waals surface area (Å²) in [6, 6.07) is 8.97. The topological polar surface area (TPSA) is 26.0 Å². The average molecular weight is 217 g/mol. The Balaban J connectivity index is 1.99. The molecule has 0 spiro atoms. The molecular weight excluding hydrogens is 194 g/mol. The second-order valence-corrected chi connectivity index (χ2v) is 5.14. The molecule has 0 aromatic heterocycles. The fraction of sp³-hybridized carbons (Fsp3) is 0.600. The first-order valence-electron chi connectivity index (χ1n) is 6.60. The zero-order valence-corrected chi connectivity index (χ0v) is 10.3. The maximum Gasteiger partial charge on any atom is 0.0178 e. The van der Waals surface area contributed by atoms with Crippen LogP contribution in [0, 0.1) is 0 Å². The van der Waals surface area contributed by atoms with Gasteiger partial charge in [0.2, 0.25) is 0 Å². The van der Waals surface area contributed by atoms with Crippen LogP contribution < -0.4 is 5.73 Å². The van der Waals surface area contributed by atoms with Crippen LogP contribution >= 0.6 is 0 Å². The van der Waals surface area contributed by atoms with Gasteiger partial charge in [-0.1, -0.05) is 50.5 Å². The van der Waals surface area contributed by atoms with Crippen LogP contribution in [0.4, 0.5) is 0 Å². The van der Waals surface area contributed by atoms with Crippen LogP contribution in [0.5, 0.6) is 0 Å². The summed E-state index contributed by atoms with van der Waals surface area (Å²) >= 11 is 0. The van der Waals surface area contributed by atoms with Crippen molar-refractivity contribution >= 4 is 0 Å². The second kappa shape index (κ2) is 5.01. The van der Waals surface area contributed by atoms with Crippen LogP contribution in [-0.2, 0) is 12.0 Å². The highest BCUT2D eigenvalue weighted by Crippen LogP contribution is 2.51. The van der Waals surface area contributed by atoms with E-state index in [1.807, 2.05) is 0 Å². The predicted octanol–water partition coefficient (Wildman–Crippen LogP) is 3.76. The van der Waals surface area contributed by atoms with Gasteiger partial charge in [-0.15, -0.1) is 0 Å². The monoisotopic (exact) mass is 217 g/mol. The summed E-state index contributed by atoms with van der Waals surface area (Å²) in [7, 11) is 0. The largest absolute Gasteiger partial charge is 0.326 e. The predicted molar refractivity (Wildman–Crippen MR) is 69.4 cm³/mol. The molecule has 1 aliphatic rings. The van der Waals surface area contributed by atoms with Crippen LogP contribution in [0.2, 0.25) is 0 Å². The Morgan fingerprint density at radius 2 is 1.81 bits per heavy atom. The van der Waals surface area contributed by atoms with Crippen molar-refractivity contribution in [2.75, 3.05) is 0 Å². The smallest absolute Gasteiger partial charge is 0.0178 e. The molecule has 2 rings (SSSR count). The van der Waals surface area contributed by atoms with E-state index in [0.717, 1.165) is 0 Å². The van der Waals surface area contributed by atoms with Crippen molar-refractivity contribution in [2.45, 2.75) is 57.4 Å². The summed E-state index contributed by atoms with van der Waals surface area (Å²) in [6.07, 6.45) is 8.24. The second-order valence-electron chi connectivity index (χ2n) is 5.14. The van der Waals surface area contributed by atoms with E-state index in [2.05, 4.69) is 31.2 Å². The molecule has 16 heavy (non-hydrogen) atoms. The van der Waals surface area contributed by atoms with Crippen LogP contribution in [-0.4, -0.2) is 0 Å². The van der Waals surface area contributed by atoms with E-state index in [-0.39, 0.29) is 0 Å². The average Bonchev–Trinajstić information content (AvgIpc) is 3.11. The van der Waals surface area contributed by atoms with Crippen molar-refractivity contribution in [1.29, 1.82) is 0 Å². The molecule has 1 aromatic rings. The highest BCUT2D eigenvalue weighted by molar-refractivity contribution is 5.33. The highest BCUT2D eigenvalue weighted by atomic mass is 14.5. The van der Waals surface area contributed by atoms with Crippen molar-refractivity contribution in [3.05, 3.63) is 35.4 Å². The fourth-order valence-electron chi connectivity index (χ4n) is 2.54. The molecule has 0 heterocycles. The third kappa shape index (κ3) is 2.46. The Hall–Kier alpha value is -0.820. The molecule has 0 aliphatic heterocycles. The summed E-state index contributed by atoms with van der Waals surface area (Å²) in [5.41, 5.74) is 8.95. The Kier molecular flexibility index (Phi) is 3.65. The third-order valence-corrected chi connectivity index (χ3v) is 3.91. The normalized spacial score (nSPS) is 17.4. The minimum atomic E-state index is 0.544. The van der Waals surface area contributed by atoms with Gasteiger partial charge >= 0.3 is 0 Å². The molecule has 0 bridgehead atoms. The number of hydrogen-bond acceptors (Lipinski definition) is 1. The summed E-state index contributed by atoms with van der Waals surface area (Å²) in [5.74, 6) is 0. The standard InChI is InChI=1S/C15H23N/c1-2-3-4-9-15(10-11-15)14-7-5-13(12-16)6-8-14/h5-8H,2-4,9-12,16H2,1H3. The maximum absolute atomic E-state index is 5.62. The van der Waals surface area contributed by atoms with Gasteiger partial charge < -0.3 is 5.73 Å². The number of hydrogen-bond donors (Lipinski definition) is 1. The first-order valence-corrected chi connectivity index (χ1v) is 6.60. The van der Waals surface area contributed by atoms with Gasteiger partial charge in [-0.25, -0.2) is 0 Å². The molecular formula is C15H23N. The van der Waals surface area contributed by atoms with Gasteiger partial charge in [-0.05, 0) is 35.8 Å². The lowest BCUT2D eigenvalue weighted by atomic mass is 9.89. The summed E-state index contributed by atoms with van der Waals surface area (Å²) < 4.78 is 0. The lowest BCUT2D eigenvalue weighted by molar-refractivity contribution is 0.556. The quantitative estimate of drug-likeness (QED) is 0.721. The molecule has 2 N–H and O–H groups in total.